The molecule has 0 radical (unpaired) electrons. The van der Waals surface area contributed by atoms with Gasteiger partial charge in [0.05, 0.1) is 6.04 Å². The molecule has 6 heteroatoms. The van der Waals surface area contributed by atoms with Gasteiger partial charge in [0, 0.05) is 48.4 Å². The van der Waals surface area contributed by atoms with Crippen molar-refractivity contribution < 1.29 is 14.0 Å². The third-order valence-corrected chi connectivity index (χ3v) is 5.50. The quantitative estimate of drug-likeness (QED) is 0.835. The molecule has 1 aliphatic heterocycles. The lowest BCUT2D eigenvalue weighted by Crippen LogP contribution is -2.49. The van der Waals surface area contributed by atoms with E-state index in [9.17, 15) is 14.0 Å². The summed E-state index contributed by atoms with van der Waals surface area (Å²) in [5.41, 5.74) is 2.93. The first-order valence-electron chi connectivity index (χ1n) is 9.55. The number of carbonyl (C=O) groups is 2. The number of hydrogen-bond donors (Lipinski definition) is 2. The zero-order valence-electron chi connectivity index (χ0n) is 16.6. The topological polar surface area (TPSA) is 61.4 Å². The smallest absolute Gasteiger partial charge is 0.251 e. The summed E-state index contributed by atoms with van der Waals surface area (Å²) >= 11 is 0. The van der Waals surface area contributed by atoms with Crippen molar-refractivity contribution in [1.29, 1.82) is 0 Å². The summed E-state index contributed by atoms with van der Waals surface area (Å²) in [7, 11) is 1.59. The first kappa shape index (κ1) is 19.9. The summed E-state index contributed by atoms with van der Waals surface area (Å²) in [6, 6.07) is 11.6. The predicted octanol–water partition coefficient (Wildman–Crippen LogP) is 4.12. The zero-order valence-corrected chi connectivity index (χ0v) is 16.6. The van der Waals surface area contributed by atoms with Crippen LogP contribution in [0.15, 0.2) is 42.5 Å². The van der Waals surface area contributed by atoms with Crippen molar-refractivity contribution in [3.8, 4) is 0 Å². The minimum Gasteiger partial charge on any atom is -0.378 e. The Balaban J connectivity index is 1.99. The molecule has 2 aromatic rings. The van der Waals surface area contributed by atoms with E-state index in [2.05, 4.69) is 24.5 Å². The Bertz CT molecular complexity index is 882. The average molecular weight is 383 g/mol. The van der Waals surface area contributed by atoms with Crippen LogP contribution in [0.5, 0.6) is 0 Å². The second kappa shape index (κ2) is 8.00. The summed E-state index contributed by atoms with van der Waals surface area (Å²) in [6.45, 7) is 5.68. The number of hydrogen-bond acceptors (Lipinski definition) is 3. The fourth-order valence-corrected chi connectivity index (χ4v) is 4.12. The molecule has 0 fully saturated rings. The molecule has 3 rings (SSSR count). The van der Waals surface area contributed by atoms with E-state index in [1.165, 1.54) is 12.1 Å². The number of halogens is 1. The highest BCUT2D eigenvalue weighted by atomic mass is 19.1. The Morgan fingerprint density at radius 3 is 2.39 bits per heavy atom. The maximum atomic E-state index is 14.0. The minimum absolute atomic E-state index is 0.0121. The second-order valence-corrected chi connectivity index (χ2v) is 7.21. The van der Waals surface area contributed by atoms with Crippen LogP contribution in [0.2, 0.25) is 0 Å². The van der Waals surface area contributed by atoms with Crippen molar-refractivity contribution in [1.82, 2.24) is 5.32 Å². The molecule has 0 aliphatic carbocycles. The third-order valence-electron chi connectivity index (χ3n) is 5.50. The van der Waals surface area contributed by atoms with E-state index < -0.39 is 0 Å². The number of carbonyl (C=O) groups excluding carboxylic acids is 2. The van der Waals surface area contributed by atoms with Gasteiger partial charge in [-0.3, -0.25) is 9.59 Å². The fraction of sp³-hybridized carbons (Fsp3) is 0.364. The van der Waals surface area contributed by atoms with Gasteiger partial charge in [-0.1, -0.05) is 13.8 Å². The van der Waals surface area contributed by atoms with E-state index in [1.54, 1.807) is 37.1 Å². The summed E-state index contributed by atoms with van der Waals surface area (Å²) < 4.78 is 14.0. The van der Waals surface area contributed by atoms with E-state index in [-0.39, 0.29) is 35.6 Å². The lowest BCUT2D eigenvalue weighted by Gasteiger charge is -2.45. The minimum atomic E-state index is -0.328. The van der Waals surface area contributed by atoms with Crippen molar-refractivity contribution in [2.45, 2.75) is 39.3 Å². The van der Waals surface area contributed by atoms with Gasteiger partial charge < -0.3 is 15.5 Å². The maximum absolute atomic E-state index is 14.0. The van der Waals surface area contributed by atoms with Crippen LogP contribution >= 0.6 is 0 Å². The molecule has 1 heterocycles. The first-order valence-corrected chi connectivity index (χ1v) is 9.55. The molecule has 148 valence electrons. The van der Waals surface area contributed by atoms with Crippen molar-refractivity contribution in [3.05, 3.63) is 59.4 Å². The van der Waals surface area contributed by atoms with Crippen LogP contribution in [0.1, 0.15) is 49.2 Å². The van der Waals surface area contributed by atoms with Gasteiger partial charge in [-0.05, 0) is 48.9 Å². The van der Waals surface area contributed by atoms with Gasteiger partial charge in [-0.15, -0.1) is 0 Å². The molecular weight excluding hydrogens is 357 g/mol. The van der Waals surface area contributed by atoms with Gasteiger partial charge in [0.2, 0.25) is 5.91 Å². The summed E-state index contributed by atoms with van der Waals surface area (Å²) in [6.07, 6.45) is 0.797. The van der Waals surface area contributed by atoms with E-state index >= 15 is 0 Å². The summed E-state index contributed by atoms with van der Waals surface area (Å²) in [5, 5.41) is 6.08. The maximum Gasteiger partial charge on any atom is 0.251 e. The van der Waals surface area contributed by atoms with Crippen LogP contribution in [-0.4, -0.2) is 24.9 Å². The van der Waals surface area contributed by atoms with Crippen molar-refractivity contribution >= 4 is 23.2 Å². The van der Waals surface area contributed by atoms with Crippen LogP contribution in [0.25, 0.3) is 0 Å². The zero-order chi connectivity index (χ0) is 20.4. The predicted molar refractivity (Wildman–Crippen MR) is 109 cm³/mol. The van der Waals surface area contributed by atoms with Gasteiger partial charge in [0.1, 0.15) is 5.82 Å². The van der Waals surface area contributed by atoms with Gasteiger partial charge in [0.25, 0.3) is 5.91 Å². The van der Waals surface area contributed by atoms with Gasteiger partial charge in [0.15, 0.2) is 0 Å². The monoisotopic (exact) mass is 383 g/mol. The molecule has 0 aromatic heterocycles. The standard InChI is InChI=1S/C22H26FN3O2/c1-5-19-13(2)21(25-17-9-6-15(7-10-17)22(28)24-4)18-12-16(23)8-11-20(18)26(19)14(3)27/h6-13,19,21,25H,5H2,1-4H3,(H,24,28)/t13-,19-,21+/m0/s1. The van der Waals surface area contributed by atoms with E-state index in [0.717, 1.165) is 23.4 Å². The highest BCUT2D eigenvalue weighted by Gasteiger charge is 2.39. The van der Waals surface area contributed by atoms with Crippen LogP contribution in [0, 0.1) is 11.7 Å². The molecule has 5 nitrogen and oxygen atoms in total. The Kier molecular flexibility index (Phi) is 5.68. The van der Waals surface area contributed by atoms with E-state index in [0.29, 0.717) is 5.56 Å². The molecule has 1 aliphatic rings. The van der Waals surface area contributed by atoms with Gasteiger partial charge >= 0.3 is 0 Å². The molecule has 3 atom stereocenters. The Hall–Kier alpha value is -2.89. The van der Waals surface area contributed by atoms with Gasteiger partial charge in [-0.25, -0.2) is 4.39 Å². The van der Waals surface area contributed by atoms with Crippen LogP contribution < -0.4 is 15.5 Å². The molecule has 0 saturated heterocycles. The largest absolute Gasteiger partial charge is 0.378 e. The molecule has 2 N–H and O–H groups in total. The third kappa shape index (κ3) is 3.59. The first-order chi connectivity index (χ1) is 13.4. The number of rotatable bonds is 4. The van der Waals surface area contributed by atoms with Crippen LogP contribution in [-0.2, 0) is 4.79 Å². The Labute approximate surface area is 164 Å². The second-order valence-electron chi connectivity index (χ2n) is 7.21. The van der Waals surface area contributed by atoms with Gasteiger partial charge in [-0.2, -0.15) is 0 Å². The molecule has 0 saturated carbocycles. The number of amides is 2. The highest BCUT2D eigenvalue weighted by Crippen LogP contribution is 2.43. The number of nitrogens with one attached hydrogen (secondary N) is 2. The number of anilines is 2. The molecule has 0 bridgehead atoms. The Morgan fingerprint density at radius 2 is 1.82 bits per heavy atom. The van der Waals surface area contributed by atoms with E-state index in [4.69, 9.17) is 0 Å². The molecule has 2 amide bonds. The lowest BCUT2D eigenvalue weighted by atomic mass is 9.80. The van der Waals surface area contributed by atoms with Crippen LogP contribution in [0.4, 0.5) is 15.8 Å². The summed E-state index contributed by atoms with van der Waals surface area (Å²) in [5.74, 6) is -0.443. The van der Waals surface area contributed by atoms with Crippen molar-refractivity contribution in [2.24, 2.45) is 5.92 Å². The van der Waals surface area contributed by atoms with Crippen LogP contribution in [0.3, 0.4) is 0 Å². The number of fused-ring (bicyclic) bond motifs is 1. The number of benzene rings is 2. The molecule has 28 heavy (non-hydrogen) atoms. The normalized spacial score (nSPS) is 21.0. The number of nitrogens with zero attached hydrogens (tertiary/aromatic N) is 1. The lowest BCUT2D eigenvalue weighted by molar-refractivity contribution is -0.117. The Morgan fingerprint density at radius 1 is 1.14 bits per heavy atom. The fourth-order valence-electron chi connectivity index (χ4n) is 4.12. The molecule has 2 aromatic carbocycles. The van der Waals surface area contributed by atoms with Crippen molar-refractivity contribution in [3.63, 3.8) is 0 Å². The molecule has 0 spiro atoms. The average Bonchev–Trinajstić information content (AvgIpc) is 2.69. The summed E-state index contributed by atoms with van der Waals surface area (Å²) in [4.78, 5) is 25.9. The van der Waals surface area contributed by atoms with Crippen molar-refractivity contribution in [2.75, 3.05) is 17.3 Å². The van der Waals surface area contributed by atoms with E-state index in [1.807, 2.05) is 12.1 Å². The highest BCUT2D eigenvalue weighted by molar-refractivity contribution is 5.95. The SMILES string of the molecule is CC[C@H]1[C@H](C)[C@@H](Nc2ccc(C(=O)NC)cc2)c2cc(F)ccc2N1C(C)=O. The molecule has 0 unspecified atom stereocenters. The molecular formula is C22H26FN3O2.